The first-order chi connectivity index (χ1) is 11.5. The van der Waals surface area contributed by atoms with E-state index >= 15 is 0 Å². The van der Waals surface area contributed by atoms with Gasteiger partial charge in [0.25, 0.3) is 5.91 Å². The van der Waals surface area contributed by atoms with E-state index in [9.17, 15) is 14.7 Å². The molecule has 0 bridgehead atoms. The second-order valence-corrected chi connectivity index (χ2v) is 6.35. The van der Waals surface area contributed by atoms with E-state index in [1.54, 1.807) is 6.92 Å². The van der Waals surface area contributed by atoms with Crippen LogP contribution >= 0.6 is 11.3 Å². The number of carbonyl (C=O) groups excluding carboxylic acids is 1. The molecule has 0 aliphatic rings. The second-order valence-electron chi connectivity index (χ2n) is 5.35. The van der Waals surface area contributed by atoms with Crippen molar-refractivity contribution >= 4 is 33.4 Å². The Labute approximate surface area is 144 Å². The van der Waals surface area contributed by atoms with Crippen LogP contribution in [0.1, 0.15) is 48.3 Å². The van der Waals surface area contributed by atoms with E-state index in [1.807, 2.05) is 13.8 Å². The average molecular weight is 351 g/mol. The van der Waals surface area contributed by atoms with Crippen molar-refractivity contribution in [3.63, 3.8) is 0 Å². The summed E-state index contributed by atoms with van der Waals surface area (Å²) in [5.74, 6) is -0.983. The van der Waals surface area contributed by atoms with Crippen molar-refractivity contribution in [2.24, 2.45) is 0 Å². The summed E-state index contributed by atoms with van der Waals surface area (Å²) in [6.45, 7) is 6.09. The van der Waals surface area contributed by atoms with Gasteiger partial charge in [0.1, 0.15) is 17.2 Å². The van der Waals surface area contributed by atoms with Gasteiger partial charge in [0, 0.05) is 0 Å². The molecule has 0 spiro atoms. The number of ether oxygens (including phenoxy) is 1. The van der Waals surface area contributed by atoms with Crippen LogP contribution in [-0.2, 0) is 4.79 Å². The molecule has 0 aromatic carbocycles. The summed E-state index contributed by atoms with van der Waals surface area (Å²) >= 11 is 1.21. The van der Waals surface area contributed by atoms with Crippen LogP contribution in [-0.4, -0.2) is 39.6 Å². The monoisotopic (exact) mass is 351 g/mol. The molecule has 0 aliphatic carbocycles. The molecule has 0 fully saturated rings. The van der Waals surface area contributed by atoms with Crippen LogP contribution in [0.25, 0.3) is 10.2 Å². The van der Waals surface area contributed by atoms with Crippen LogP contribution in [0.2, 0.25) is 0 Å². The van der Waals surface area contributed by atoms with Gasteiger partial charge < -0.3 is 15.2 Å². The minimum absolute atomic E-state index is 0.401. The number of unbranched alkanes of at least 4 members (excludes halogenated alkanes) is 1. The molecule has 1 unspecified atom stereocenters. The largest absolute Gasteiger partial charge is 0.480 e. The van der Waals surface area contributed by atoms with Gasteiger partial charge in [-0.3, -0.25) is 4.79 Å². The van der Waals surface area contributed by atoms with Crippen LogP contribution in [0.4, 0.5) is 0 Å². The molecule has 8 heteroatoms. The number of hydrogen-bond donors (Lipinski definition) is 2. The SMILES string of the molecule is CCCCC(NC(=O)c1sc2ncnc(OCC)c2c1C)C(=O)O. The minimum Gasteiger partial charge on any atom is -0.480 e. The summed E-state index contributed by atoms with van der Waals surface area (Å²) in [5, 5.41) is 12.6. The van der Waals surface area contributed by atoms with Gasteiger partial charge in [-0.25, -0.2) is 14.8 Å². The molecule has 2 heterocycles. The lowest BCUT2D eigenvalue weighted by atomic mass is 10.1. The molecule has 0 saturated heterocycles. The lowest BCUT2D eigenvalue weighted by Crippen LogP contribution is -2.40. The third-order valence-corrected chi connectivity index (χ3v) is 4.83. The Bertz CT molecular complexity index is 744. The van der Waals surface area contributed by atoms with E-state index in [0.717, 1.165) is 12.8 Å². The van der Waals surface area contributed by atoms with E-state index in [-0.39, 0.29) is 0 Å². The van der Waals surface area contributed by atoms with Gasteiger partial charge >= 0.3 is 5.97 Å². The second kappa shape index (κ2) is 8.05. The number of carboxylic acid groups (broad SMARTS) is 1. The molecule has 0 aliphatic heterocycles. The summed E-state index contributed by atoms with van der Waals surface area (Å²) < 4.78 is 5.50. The molecule has 1 atom stereocenters. The zero-order valence-electron chi connectivity index (χ0n) is 14.0. The average Bonchev–Trinajstić information content (AvgIpc) is 2.89. The highest BCUT2D eigenvalue weighted by atomic mass is 32.1. The molecule has 2 N–H and O–H groups in total. The number of rotatable bonds is 8. The molecule has 2 aromatic heterocycles. The van der Waals surface area contributed by atoms with Gasteiger partial charge in [-0.2, -0.15) is 0 Å². The molecule has 0 radical (unpaired) electrons. The fourth-order valence-electron chi connectivity index (χ4n) is 2.39. The topological polar surface area (TPSA) is 101 Å². The van der Waals surface area contributed by atoms with Crippen molar-refractivity contribution in [2.45, 2.75) is 46.1 Å². The van der Waals surface area contributed by atoms with Crippen molar-refractivity contribution in [1.29, 1.82) is 0 Å². The third kappa shape index (κ3) is 3.81. The first kappa shape index (κ1) is 18.1. The first-order valence-corrected chi connectivity index (χ1v) is 8.71. The predicted molar refractivity (Wildman–Crippen MR) is 91.7 cm³/mol. The van der Waals surface area contributed by atoms with Crippen LogP contribution in [0.15, 0.2) is 6.33 Å². The summed E-state index contributed by atoms with van der Waals surface area (Å²) in [7, 11) is 0. The lowest BCUT2D eigenvalue weighted by molar-refractivity contribution is -0.139. The van der Waals surface area contributed by atoms with Gasteiger partial charge in [-0.1, -0.05) is 19.8 Å². The van der Waals surface area contributed by atoms with Crippen LogP contribution in [0.5, 0.6) is 5.88 Å². The van der Waals surface area contributed by atoms with Crippen LogP contribution in [0, 0.1) is 6.92 Å². The van der Waals surface area contributed by atoms with Gasteiger partial charge in [-0.15, -0.1) is 11.3 Å². The molecule has 130 valence electrons. The van der Waals surface area contributed by atoms with Gasteiger partial charge in [0.15, 0.2) is 0 Å². The molecule has 2 rings (SSSR count). The normalized spacial score (nSPS) is 12.1. The molecule has 1 amide bonds. The van der Waals surface area contributed by atoms with Gasteiger partial charge in [0.2, 0.25) is 5.88 Å². The van der Waals surface area contributed by atoms with E-state index in [2.05, 4.69) is 15.3 Å². The Morgan fingerprint density at radius 3 is 2.75 bits per heavy atom. The van der Waals surface area contributed by atoms with Crippen molar-refractivity contribution < 1.29 is 19.4 Å². The minimum atomic E-state index is -1.02. The van der Waals surface area contributed by atoms with Crippen molar-refractivity contribution in [3.05, 3.63) is 16.8 Å². The van der Waals surface area contributed by atoms with Crippen LogP contribution in [0.3, 0.4) is 0 Å². The predicted octanol–water partition coefficient (Wildman–Crippen LogP) is 2.77. The maximum atomic E-state index is 12.5. The summed E-state index contributed by atoms with van der Waals surface area (Å²) in [6, 6.07) is -0.889. The first-order valence-electron chi connectivity index (χ1n) is 7.90. The number of nitrogens with one attached hydrogen (secondary N) is 1. The molecule has 2 aromatic rings. The van der Waals surface area contributed by atoms with Gasteiger partial charge in [-0.05, 0) is 25.8 Å². The Morgan fingerprint density at radius 2 is 2.12 bits per heavy atom. The van der Waals surface area contributed by atoms with E-state index in [4.69, 9.17) is 4.74 Å². The Balaban J connectivity index is 2.31. The lowest BCUT2D eigenvalue weighted by Gasteiger charge is -2.13. The zero-order valence-corrected chi connectivity index (χ0v) is 14.8. The smallest absolute Gasteiger partial charge is 0.326 e. The molecule has 24 heavy (non-hydrogen) atoms. The Morgan fingerprint density at radius 1 is 1.38 bits per heavy atom. The number of amides is 1. The molecular formula is C16H21N3O4S. The van der Waals surface area contributed by atoms with Crippen molar-refractivity contribution in [1.82, 2.24) is 15.3 Å². The number of carbonyl (C=O) groups is 2. The van der Waals surface area contributed by atoms with Crippen molar-refractivity contribution in [3.8, 4) is 5.88 Å². The van der Waals surface area contributed by atoms with E-state index in [1.165, 1.54) is 17.7 Å². The number of thiophene rings is 1. The van der Waals surface area contributed by atoms with E-state index < -0.39 is 17.9 Å². The molecular weight excluding hydrogens is 330 g/mol. The highest BCUT2D eigenvalue weighted by molar-refractivity contribution is 7.20. The summed E-state index contributed by atoms with van der Waals surface area (Å²) in [4.78, 5) is 33.2. The summed E-state index contributed by atoms with van der Waals surface area (Å²) in [5.41, 5.74) is 0.705. The molecule has 0 saturated carbocycles. The number of carboxylic acids is 1. The quantitative estimate of drug-likeness (QED) is 0.758. The maximum Gasteiger partial charge on any atom is 0.326 e. The highest BCUT2D eigenvalue weighted by Crippen LogP contribution is 2.34. The number of aromatic nitrogens is 2. The van der Waals surface area contributed by atoms with Crippen molar-refractivity contribution in [2.75, 3.05) is 6.61 Å². The zero-order chi connectivity index (χ0) is 17.7. The third-order valence-electron chi connectivity index (χ3n) is 3.63. The number of aryl methyl sites for hydroxylation is 1. The summed E-state index contributed by atoms with van der Waals surface area (Å²) in [6.07, 6.45) is 3.41. The Kier molecular flexibility index (Phi) is 6.08. The number of aliphatic carboxylic acids is 1. The maximum absolute atomic E-state index is 12.5. The molecule has 7 nitrogen and oxygen atoms in total. The van der Waals surface area contributed by atoms with Gasteiger partial charge in [0.05, 0.1) is 16.9 Å². The number of hydrogen-bond acceptors (Lipinski definition) is 6. The van der Waals surface area contributed by atoms with E-state index in [0.29, 0.717) is 39.6 Å². The number of nitrogens with zero attached hydrogens (tertiary/aromatic N) is 2. The fraction of sp³-hybridized carbons (Fsp3) is 0.500. The fourth-order valence-corrected chi connectivity index (χ4v) is 3.43. The van der Waals surface area contributed by atoms with Crippen LogP contribution < -0.4 is 10.1 Å². The number of fused-ring (bicyclic) bond motifs is 1. The highest BCUT2D eigenvalue weighted by Gasteiger charge is 2.24. The Hall–Kier alpha value is -2.22. The standard InChI is InChI=1S/C16H21N3O4S/c1-4-6-7-10(16(21)22)19-13(20)12-9(3)11-14(23-5-2)17-8-18-15(11)24-12/h8,10H,4-7H2,1-3H3,(H,19,20)(H,21,22).